The Kier molecular flexibility index (Phi) is 5.73. The van der Waals surface area contributed by atoms with Crippen LogP contribution in [0.1, 0.15) is 11.1 Å². The smallest absolute Gasteiger partial charge is 0.175 e. The maximum absolute atomic E-state index is 9.61. The monoisotopic (exact) mass is 419 g/mol. The summed E-state index contributed by atoms with van der Waals surface area (Å²) >= 11 is 9.37. The molecular weight excluding hydrogens is 406 g/mol. The van der Waals surface area contributed by atoms with Crippen LogP contribution in [-0.2, 0) is 6.42 Å². The molecule has 1 aromatic heterocycles. The molecule has 5 nitrogen and oxygen atoms in total. The van der Waals surface area contributed by atoms with Gasteiger partial charge in [0.2, 0.25) is 0 Å². The molecule has 1 N–H and O–H groups in total. The molecule has 7 heteroatoms. The predicted molar refractivity (Wildman–Crippen MR) is 100 cm³/mol. The van der Waals surface area contributed by atoms with Gasteiger partial charge in [-0.3, -0.25) is 0 Å². The molecule has 3 rings (SSSR count). The lowest BCUT2D eigenvalue weighted by Crippen LogP contribution is -2.35. The lowest BCUT2D eigenvalue weighted by molar-refractivity contribution is 0.0751. The van der Waals surface area contributed by atoms with E-state index >= 15 is 0 Å². The first-order valence-electron chi connectivity index (χ1n) is 7.53. The van der Waals surface area contributed by atoms with Crippen LogP contribution in [0.2, 0.25) is 5.02 Å². The van der Waals surface area contributed by atoms with Gasteiger partial charge in [0.05, 0.1) is 6.20 Å². The SMILES string of the molecule is ON=C(c1ccc(Cl)cc1)C(Cc1ccc(Br)cc1)On1ccnc1. The van der Waals surface area contributed by atoms with Gasteiger partial charge in [-0.25, -0.2) is 4.98 Å². The van der Waals surface area contributed by atoms with Gasteiger partial charge in [0.25, 0.3) is 0 Å². The van der Waals surface area contributed by atoms with E-state index in [1.165, 1.54) is 4.73 Å². The summed E-state index contributed by atoms with van der Waals surface area (Å²) in [4.78, 5) is 9.92. The molecule has 0 aliphatic rings. The fourth-order valence-electron chi connectivity index (χ4n) is 2.40. The van der Waals surface area contributed by atoms with Crippen molar-refractivity contribution in [2.45, 2.75) is 12.5 Å². The molecule has 2 aromatic carbocycles. The Bertz CT molecular complexity index is 834. The number of oxime groups is 1. The number of aromatic nitrogens is 2. The highest BCUT2D eigenvalue weighted by Crippen LogP contribution is 2.17. The number of nitrogens with zero attached hydrogens (tertiary/aromatic N) is 3. The number of hydrogen-bond donors (Lipinski definition) is 1. The summed E-state index contributed by atoms with van der Waals surface area (Å²) in [6.07, 6.45) is 4.86. The van der Waals surface area contributed by atoms with Crippen LogP contribution in [0, 0.1) is 0 Å². The van der Waals surface area contributed by atoms with Crippen molar-refractivity contribution < 1.29 is 10.0 Å². The van der Waals surface area contributed by atoms with E-state index in [9.17, 15) is 5.21 Å². The van der Waals surface area contributed by atoms with Crippen molar-refractivity contribution >= 4 is 33.2 Å². The molecule has 0 radical (unpaired) electrons. The van der Waals surface area contributed by atoms with Crippen molar-refractivity contribution in [3.05, 3.63) is 87.9 Å². The van der Waals surface area contributed by atoms with Crippen molar-refractivity contribution in [3.8, 4) is 0 Å². The molecule has 0 bridgehead atoms. The zero-order valence-corrected chi connectivity index (χ0v) is 15.4. The first-order chi connectivity index (χ1) is 12.2. The summed E-state index contributed by atoms with van der Waals surface area (Å²) in [7, 11) is 0. The lowest BCUT2D eigenvalue weighted by atomic mass is 9.99. The fraction of sp³-hybridized carbons (Fsp3) is 0.111. The van der Waals surface area contributed by atoms with E-state index in [2.05, 4.69) is 26.1 Å². The molecule has 1 atom stereocenters. The van der Waals surface area contributed by atoms with Gasteiger partial charge >= 0.3 is 0 Å². The summed E-state index contributed by atoms with van der Waals surface area (Å²) in [6.45, 7) is 0. The van der Waals surface area contributed by atoms with Crippen molar-refractivity contribution in [1.82, 2.24) is 9.71 Å². The molecule has 0 saturated carbocycles. The summed E-state index contributed by atoms with van der Waals surface area (Å²) < 4.78 is 2.49. The third-order valence-electron chi connectivity index (χ3n) is 3.62. The number of hydrogen-bond acceptors (Lipinski definition) is 4. The van der Waals surface area contributed by atoms with Gasteiger partial charge in [0.1, 0.15) is 12.0 Å². The molecule has 0 saturated heterocycles. The molecule has 0 amide bonds. The van der Waals surface area contributed by atoms with Crippen LogP contribution in [0.15, 0.2) is 76.9 Å². The molecule has 0 aliphatic carbocycles. The standard InChI is InChI=1S/C18H15BrClN3O2/c19-15-5-1-13(2-6-15)11-17(25-23-10-9-21-12-23)18(22-24)14-3-7-16(20)8-4-14/h1-10,12,17,24H,11H2. The van der Waals surface area contributed by atoms with Crippen LogP contribution in [-0.4, -0.2) is 26.7 Å². The Balaban J connectivity index is 1.90. The van der Waals surface area contributed by atoms with Crippen LogP contribution in [0.25, 0.3) is 0 Å². The van der Waals surface area contributed by atoms with Crippen molar-refractivity contribution in [2.75, 3.05) is 0 Å². The van der Waals surface area contributed by atoms with E-state index < -0.39 is 6.10 Å². The summed E-state index contributed by atoms with van der Waals surface area (Å²) in [5, 5.41) is 13.7. The van der Waals surface area contributed by atoms with Crippen LogP contribution in [0.4, 0.5) is 0 Å². The molecule has 0 spiro atoms. The Morgan fingerprint density at radius 1 is 1.20 bits per heavy atom. The van der Waals surface area contributed by atoms with Gasteiger partial charge in [-0.15, -0.1) is 0 Å². The van der Waals surface area contributed by atoms with Gasteiger partial charge in [-0.1, -0.05) is 57.0 Å². The van der Waals surface area contributed by atoms with E-state index in [1.807, 2.05) is 24.3 Å². The average Bonchev–Trinajstić information content (AvgIpc) is 3.12. The molecule has 1 heterocycles. The third kappa shape index (κ3) is 4.61. The second-order valence-electron chi connectivity index (χ2n) is 5.34. The minimum atomic E-state index is -0.512. The number of imidazole rings is 1. The highest BCUT2D eigenvalue weighted by molar-refractivity contribution is 9.10. The first-order valence-corrected chi connectivity index (χ1v) is 8.70. The van der Waals surface area contributed by atoms with Crippen LogP contribution in [0.5, 0.6) is 0 Å². The van der Waals surface area contributed by atoms with Crippen molar-refractivity contribution in [2.24, 2.45) is 5.16 Å². The van der Waals surface area contributed by atoms with E-state index in [4.69, 9.17) is 16.4 Å². The van der Waals surface area contributed by atoms with E-state index in [-0.39, 0.29) is 0 Å². The van der Waals surface area contributed by atoms with Gasteiger partial charge in [-0.05, 0) is 29.8 Å². The number of benzene rings is 2. The van der Waals surface area contributed by atoms with E-state index in [1.54, 1.807) is 43.0 Å². The van der Waals surface area contributed by atoms with Gasteiger partial charge < -0.3 is 10.0 Å². The predicted octanol–water partition coefficient (Wildman–Crippen LogP) is 4.22. The zero-order chi connectivity index (χ0) is 17.6. The molecular formula is C18H15BrClN3O2. The highest BCUT2D eigenvalue weighted by atomic mass is 79.9. The third-order valence-corrected chi connectivity index (χ3v) is 4.40. The Morgan fingerprint density at radius 2 is 1.92 bits per heavy atom. The lowest BCUT2D eigenvalue weighted by Gasteiger charge is -2.20. The van der Waals surface area contributed by atoms with Crippen molar-refractivity contribution in [3.63, 3.8) is 0 Å². The van der Waals surface area contributed by atoms with Crippen molar-refractivity contribution in [1.29, 1.82) is 0 Å². The molecule has 1 unspecified atom stereocenters. The normalized spacial score (nSPS) is 12.8. The molecule has 3 aromatic rings. The van der Waals surface area contributed by atoms with Gasteiger partial charge in [0, 0.05) is 27.7 Å². The molecule has 25 heavy (non-hydrogen) atoms. The summed E-state index contributed by atoms with van der Waals surface area (Å²) in [5.41, 5.74) is 2.19. The van der Waals surface area contributed by atoms with Crippen LogP contribution < -0.4 is 4.84 Å². The molecule has 0 fully saturated rings. The zero-order valence-electron chi connectivity index (χ0n) is 13.1. The Morgan fingerprint density at radius 3 is 2.52 bits per heavy atom. The highest BCUT2D eigenvalue weighted by Gasteiger charge is 2.22. The van der Waals surface area contributed by atoms with Gasteiger partial charge in [-0.2, -0.15) is 4.73 Å². The van der Waals surface area contributed by atoms with E-state index in [0.717, 1.165) is 15.6 Å². The summed E-state index contributed by atoms with van der Waals surface area (Å²) in [6, 6.07) is 15.0. The minimum Gasteiger partial charge on any atom is -0.411 e. The average molecular weight is 421 g/mol. The second kappa shape index (κ2) is 8.18. The summed E-state index contributed by atoms with van der Waals surface area (Å²) in [5.74, 6) is 0. The van der Waals surface area contributed by atoms with Gasteiger partial charge in [0.15, 0.2) is 6.10 Å². The maximum Gasteiger partial charge on any atom is 0.175 e. The number of halogens is 2. The maximum atomic E-state index is 9.61. The quantitative estimate of drug-likeness (QED) is 0.369. The van der Waals surface area contributed by atoms with Crippen LogP contribution in [0.3, 0.4) is 0 Å². The minimum absolute atomic E-state index is 0.410. The molecule has 0 aliphatic heterocycles. The number of rotatable bonds is 6. The topological polar surface area (TPSA) is 59.6 Å². The van der Waals surface area contributed by atoms with E-state index in [0.29, 0.717) is 17.2 Å². The largest absolute Gasteiger partial charge is 0.411 e. The second-order valence-corrected chi connectivity index (χ2v) is 6.69. The fourth-order valence-corrected chi connectivity index (χ4v) is 2.79. The van der Waals surface area contributed by atoms with Crippen LogP contribution >= 0.6 is 27.5 Å². The molecule has 128 valence electrons. The Labute approximate surface area is 158 Å². The first kappa shape index (κ1) is 17.5. The Hall–Kier alpha value is -2.31.